The van der Waals surface area contributed by atoms with Crippen LogP contribution in [0.15, 0.2) is 12.1 Å². The van der Waals surface area contributed by atoms with Crippen molar-refractivity contribution in [1.82, 2.24) is 4.90 Å². The van der Waals surface area contributed by atoms with E-state index in [1.165, 1.54) is 19.3 Å². The number of likely N-dealkylation sites (tertiary alicyclic amines) is 1. The van der Waals surface area contributed by atoms with E-state index in [1.807, 2.05) is 12.1 Å². The van der Waals surface area contributed by atoms with Crippen LogP contribution in [0.1, 0.15) is 24.8 Å². The number of piperidine rings is 1. The SMILES string of the molecule is NCC1CCCCN1Cc1cc(Cl)c2c(c1)OCO2. The third kappa shape index (κ3) is 2.66. The maximum absolute atomic E-state index is 6.21. The molecule has 1 atom stereocenters. The van der Waals surface area contributed by atoms with Crippen molar-refractivity contribution >= 4 is 11.6 Å². The van der Waals surface area contributed by atoms with Gasteiger partial charge in [0.25, 0.3) is 0 Å². The summed E-state index contributed by atoms with van der Waals surface area (Å²) in [5.41, 5.74) is 7.02. The van der Waals surface area contributed by atoms with E-state index in [0.717, 1.165) is 30.9 Å². The number of hydrogen-bond donors (Lipinski definition) is 1. The zero-order chi connectivity index (χ0) is 13.2. The Hall–Kier alpha value is -0.970. The summed E-state index contributed by atoms with van der Waals surface area (Å²) in [6, 6.07) is 4.48. The van der Waals surface area contributed by atoms with E-state index in [-0.39, 0.29) is 6.79 Å². The van der Waals surface area contributed by atoms with Gasteiger partial charge in [-0.15, -0.1) is 0 Å². The fraction of sp³-hybridized carbons (Fsp3) is 0.571. The highest BCUT2D eigenvalue weighted by Crippen LogP contribution is 2.40. The number of benzene rings is 1. The van der Waals surface area contributed by atoms with Crippen LogP contribution in [0.2, 0.25) is 5.02 Å². The van der Waals surface area contributed by atoms with Gasteiger partial charge in [0.1, 0.15) is 0 Å². The van der Waals surface area contributed by atoms with Crippen molar-refractivity contribution in [3.63, 3.8) is 0 Å². The van der Waals surface area contributed by atoms with Crippen LogP contribution in [0.5, 0.6) is 11.5 Å². The lowest BCUT2D eigenvalue weighted by Crippen LogP contribution is -2.43. The summed E-state index contributed by atoms with van der Waals surface area (Å²) in [6.07, 6.45) is 3.71. The summed E-state index contributed by atoms with van der Waals surface area (Å²) in [5.74, 6) is 1.42. The minimum Gasteiger partial charge on any atom is -0.454 e. The van der Waals surface area contributed by atoms with E-state index in [9.17, 15) is 0 Å². The first-order valence-electron chi connectivity index (χ1n) is 6.80. The molecule has 0 spiro atoms. The fourth-order valence-corrected chi connectivity index (χ4v) is 3.17. The van der Waals surface area contributed by atoms with Crippen molar-refractivity contribution in [3.05, 3.63) is 22.7 Å². The predicted molar refractivity (Wildman–Crippen MR) is 74.7 cm³/mol. The number of ether oxygens (including phenoxy) is 2. The Morgan fingerprint density at radius 1 is 1.32 bits per heavy atom. The monoisotopic (exact) mass is 282 g/mol. The van der Waals surface area contributed by atoms with Crippen molar-refractivity contribution in [2.24, 2.45) is 5.73 Å². The van der Waals surface area contributed by atoms with Crippen LogP contribution in [0, 0.1) is 0 Å². The first-order valence-corrected chi connectivity index (χ1v) is 7.18. The van der Waals surface area contributed by atoms with Gasteiger partial charge in [-0.3, -0.25) is 4.90 Å². The molecule has 0 aliphatic carbocycles. The lowest BCUT2D eigenvalue weighted by Gasteiger charge is -2.35. The Labute approximate surface area is 118 Å². The highest BCUT2D eigenvalue weighted by molar-refractivity contribution is 6.32. The number of rotatable bonds is 3. The van der Waals surface area contributed by atoms with Crippen LogP contribution < -0.4 is 15.2 Å². The molecule has 19 heavy (non-hydrogen) atoms. The van der Waals surface area contributed by atoms with Crippen molar-refractivity contribution in [2.45, 2.75) is 31.8 Å². The van der Waals surface area contributed by atoms with Crippen LogP contribution >= 0.6 is 11.6 Å². The number of halogens is 1. The van der Waals surface area contributed by atoms with Crippen molar-refractivity contribution in [3.8, 4) is 11.5 Å². The standard InChI is InChI=1S/C14H19ClN2O2/c15-12-5-10(6-13-14(12)19-9-18-13)8-17-4-2-1-3-11(17)7-16/h5-6,11H,1-4,7-9,16H2. The smallest absolute Gasteiger partial charge is 0.231 e. The average Bonchev–Trinajstić information content (AvgIpc) is 2.88. The summed E-state index contributed by atoms with van der Waals surface area (Å²) >= 11 is 6.21. The van der Waals surface area contributed by atoms with Gasteiger partial charge in [0, 0.05) is 19.1 Å². The molecule has 2 aliphatic rings. The number of nitrogens with zero attached hydrogens (tertiary/aromatic N) is 1. The summed E-state index contributed by atoms with van der Waals surface area (Å²) in [4.78, 5) is 2.44. The predicted octanol–water partition coefficient (Wildman–Crippen LogP) is 2.38. The molecule has 1 aromatic carbocycles. The first kappa shape index (κ1) is 13.0. The maximum Gasteiger partial charge on any atom is 0.231 e. The molecule has 0 aromatic heterocycles. The maximum atomic E-state index is 6.21. The zero-order valence-corrected chi connectivity index (χ0v) is 11.7. The first-order chi connectivity index (χ1) is 9.28. The molecule has 1 fully saturated rings. The fourth-order valence-electron chi connectivity index (χ4n) is 2.88. The average molecular weight is 283 g/mol. The molecule has 104 valence electrons. The van der Waals surface area contributed by atoms with Gasteiger partial charge in [0.05, 0.1) is 5.02 Å². The quantitative estimate of drug-likeness (QED) is 0.925. The molecule has 0 saturated carbocycles. The van der Waals surface area contributed by atoms with Crippen molar-refractivity contribution < 1.29 is 9.47 Å². The molecular weight excluding hydrogens is 264 g/mol. The normalized spacial score (nSPS) is 22.7. The molecule has 2 aliphatic heterocycles. The van der Waals surface area contributed by atoms with Gasteiger partial charge < -0.3 is 15.2 Å². The zero-order valence-electron chi connectivity index (χ0n) is 10.9. The van der Waals surface area contributed by atoms with Crippen LogP contribution in [-0.2, 0) is 6.54 Å². The molecule has 0 radical (unpaired) electrons. The minimum absolute atomic E-state index is 0.258. The van der Waals surface area contributed by atoms with Gasteiger partial charge in [-0.05, 0) is 37.1 Å². The molecule has 2 heterocycles. The lowest BCUT2D eigenvalue weighted by atomic mass is 10.0. The van der Waals surface area contributed by atoms with Crippen LogP contribution in [0.3, 0.4) is 0 Å². The molecule has 2 N–H and O–H groups in total. The van der Waals surface area contributed by atoms with Gasteiger partial charge in [0.15, 0.2) is 11.5 Å². The van der Waals surface area contributed by atoms with E-state index in [2.05, 4.69) is 4.90 Å². The van der Waals surface area contributed by atoms with E-state index in [1.54, 1.807) is 0 Å². The molecule has 1 saturated heterocycles. The minimum atomic E-state index is 0.258. The second kappa shape index (κ2) is 5.57. The Bertz CT molecular complexity index is 467. The molecule has 1 aromatic rings. The van der Waals surface area contributed by atoms with Gasteiger partial charge in [-0.1, -0.05) is 18.0 Å². The molecule has 4 nitrogen and oxygen atoms in total. The number of nitrogens with two attached hydrogens (primary N) is 1. The molecule has 3 rings (SSSR count). The second-order valence-corrected chi connectivity index (χ2v) is 5.57. The molecule has 5 heteroatoms. The van der Waals surface area contributed by atoms with Gasteiger partial charge in [-0.25, -0.2) is 0 Å². The highest BCUT2D eigenvalue weighted by Gasteiger charge is 2.23. The van der Waals surface area contributed by atoms with Crippen molar-refractivity contribution in [1.29, 1.82) is 0 Å². The van der Waals surface area contributed by atoms with E-state index >= 15 is 0 Å². The summed E-state index contributed by atoms with van der Waals surface area (Å²) in [7, 11) is 0. The van der Waals surface area contributed by atoms with Crippen LogP contribution in [0.4, 0.5) is 0 Å². The Balaban J connectivity index is 1.77. The molecule has 0 bridgehead atoms. The van der Waals surface area contributed by atoms with Crippen LogP contribution in [0.25, 0.3) is 0 Å². The molecule has 1 unspecified atom stereocenters. The molecular formula is C14H19ClN2O2. The molecule has 0 amide bonds. The topological polar surface area (TPSA) is 47.7 Å². The summed E-state index contributed by atoms with van der Waals surface area (Å²) < 4.78 is 10.7. The van der Waals surface area contributed by atoms with Crippen LogP contribution in [-0.4, -0.2) is 30.8 Å². The van der Waals surface area contributed by atoms with E-state index in [0.29, 0.717) is 16.8 Å². The van der Waals surface area contributed by atoms with E-state index < -0.39 is 0 Å². The third-order valence-corrected chi connectivity index (χ3v) is 4.17. The summed E-state index contributed by atoms with van der Waals surface area (Å²) in [6.45, 7) is 2.96. The Kier molecular flexibility index (Phi) is 3.82. The van der Waals surface area contributed by atoms with Gasteiger partial charge in [-0.2, -0.15) is 0 Å². The number of hydrogen-bond acceptors (Lipinski definition) is 4. The van der Waals surface area contributed by atoms with Gasteiger partial charge in [0.2, 0.25) is 6.79 Å². The largest absolute Gasteiger partial charge is 0.454 e. The van der Waals surface area contributed by atoms with Crippen molar-refractivity contribution in [2.75, 3.05) is 19.9 Å². The Morgan fingerprint density at radius 2 is 2.21 bits per heavy atom. The second-order valence-electron chi connectivity index (χ2n) is 5.17. The number of fused-ring (bicyclic) bond motifs is 1. The lowest BCUT2D eigenvalue weighted by molar-refractivity contribution is 0.144. The van der Waals surface area contributed by atoms with E-state index in [4.69, 9.17) is 26.8 Å². The third-order valence-electron chi connectivity index (χ3n) is 3.89. The highest BCUT2D eigenvalue weighted by atomic mass is 35.5. The van der Waals surface area contributed by atoms with Gasteiger partial charge >= 0.3 is 0 Å². The summed E-state index contributed by atoms with van der Waals surface area (Å²) in [5, 5.41) is 0.631. The Morgan fingerprint density at radius 3 is 3.05 bits per heavy atom.